The molecule has 0 unspecified atom stereocenters. The van der Waals surface area contributed by atoms with E-state index in [1.807, 2.05) is 4.72 Å². The minimum absolute atomic E-state index is 0.176. The van der Waals surface area contributed by atoms with Gasteiger partial charge in [-0.25, -0.2) is 13.4 Å². The van der Waals surface area contributed by atoms with Crippen molar-refractivity contribution in [2.24, 2.45) is 0 Å². The van der Waals surface area contributed by atoms with E-state index >= 15 is 0 Å². The van der Waals surface area contributed by atoms with Gasteiger partial charge in [0.25, 0.3) is 5.91 Å². The van der Waals surface area contributed by atoms with Crippen LogP contribution in [0.15, 0.2) is 30.5 Å². The standard InChI is InChI=1S/C16H15FN6O4S/c1-27-14-4-2-3-12(20-14)18-6-9-5-11(17)16(15-10(9)7-19-21-15)23-8-13(24)22-28(23,25)26/h2-5,7H,6,8H2,1H3,(H,18,20)(H,19,21)(H,22,24). The Bertz CT molecular complexity index is 1180. The number of hydrogen-bond acceptors (Lipinski definition) is 7. The number of nitrogens with one attached hydrogen (secondary N) is 3. The summed E-state index contributed by atoms with van der Waals surface area (Å²) < 4.78 is 46.7. The number of fused-ring (bicyclic) bond motifs is 1. The van der Waals surface area contributed by atoms with Gasteiger partial charge in [0.1, 0.15) is 23.9 Å². The maximum atomic E-state index is 14.9. The number of H-pyrrole nitrogens is 1. The van der Waals surface area contributed by atoms with Gasteiger partial charge in [0.2, 0.25) is 5.88 Å². The molecule has 0 bridgehead atoms. The van der Waals surface area contributed by atoms with Crippen molar-refractivity contribution >= 4 is 38.5 Å². The van der Waals surface area contributed by atoms with Crippen LogP contribution in [0.1, 0.15) is 5.56 Å². The molecule has 1 fully saturated rings. The number of halogens is 1. The Kier molecular flexibility index (Phi) is 4.26. The Hall–Kier alpha value is -3.41. The van der Waals surface area contributed by atoms with Crippen LogP contribution in [0.5, 0.6) is 5.88 Å². The molecule has 0 radical (unpaired) electrons. The molecule has 1 saturated heterocycles. The van der Waals surface area contributed by atoms with E-state index in [1.54, 1.807) is 18.2 Å². The summed E-state index contributed by atoms with van der Waals surface area (Å²) >= 11 is 0. The lowest BCUT2D eigenvalue weighted by Gasteiger charge is -2.18. The monoisotopic (exact) mass is 406 g/mol. The molecule has 28 heavy (non-hydrogen) atoms. The van der Waals surface area contributed by atoms with Crippen LogP contribution in [0, 0.1) is 5.82 Å². The first kappa shape index (κ1) is 18.0. The lowest BCUT2D eigenvalue weighted by atomic mass is 10.1. The third kappa shape index (κ3) is 3.07. The Balaban J connectivity index is 1.70. The Labute approximate surface area is 158 Å². The number of ether oxygens (including phenoxy) is 1. The number of carbonyl (C=O) groups excluding carboxylic acids is 1. The largest absolute Gasteiger partial charge is 0.481 e. The van der Waals surface area contributed by atoms with E-state index in [2.05, 4.69) is 20.5 Å². The van der Waals surface area contributed by atoms with E-state index in [0.29, 0.717) is 27.0 Å². The van der Waals surface area contributed by atoms with Gasteiger partial charge >= 0.3 is 10.2 Å². The molecule has 2 aromatic heterocycles. The molecule has 4 rings (SSSR count). The second kappa shape index (κ2) is 6.64. The number of benzene rings is 1. The first-order valence-electron chi connectivity index (χ1n) is 8.12. The number of aromatic amines is 1. The number of rotatable bonds is 5. The molecule has 1 aromatic carbocycles. The molecule has 3 aromatic rings. The Morgan fingerprint density at radius 2 is 2.21 bits per heavy atom. The number of anilines is 2. The van der Waals surface area contributed by atoms with Crippen molar-refractivity contribution < 1.29 is 22.3 Å². The summed E-state index contributed by atoms with van der Waals surface area (Å²) in [4.78, 5) is 15.7. The first-order chi connectivity index (χ1) is 13.4. The van der Waals surface area contributed by atoms with Gasteiger partial charge in [0.15, 0.2) is 0 Å². The van der Waals surface area contributed by atoms with Crippen LogP contribution in [0.3, 0.4) is 0 Å². The van der Waals surface area contributed by atoms with Crippen LogP contribution in [-0.2, 0) is 21.5 Å². The van der Waals surface area contributed by atoms with Crippen molar-refractivity contribution in [1.82, 2.24) is 19.9 Å². The molecule has 1 aliphatic rings. The maximum Gasteiger partial charge on any atom is 0.326 e. The van der Waals surface area contributed by atoms with Gasteiger partial charge in [-0.15, -0.1) is 0 Å². The summed E-state index contributed by atoms with van der Waals surface area (Å²) in [6.07, 6.45) is 1.46. The summed E-state index contributed by atoms with van der Waals surface area (Å²) in [5.41, 5.74) is 0.454. The number of hydrogen-bond donors (Lipinski definition) is 3. The Morgan fingerprint density at radius 1 is 1.39 bits per heavy atom. The average Bonchev–Trinajstić information content (AvgIpc) is 3.24. The van der Waals surface area contributed by atoms with Crippen molar-refractivity contribution in [2.45, 2.75) is 6.54 Å². The van der Waals surface area contributed by atoms with Gasteiger partial charge in [-0.3, -0.25) is 9.89 Å². The van der Waals surface area contributed by atoms with Crippen LogP contribution >= 0.6 is 0 Å². The van der Waals surface area contributed by atoms with E-state index in [0.717, 1.165) is 0 Å². The van der Waals surface area contributed by atoms with Crippen molar-refractivity contribution in [3.8, 4) is 5.88 Å². The van der Waals surface area contributed by atoms with Gasteiger partial charge in [-0.05, 0) is 17.7 Å². The molecule has 0 spiro atoms. The van der Waals surface area contributed by atoms with Crippen LogP contribution in [-0.4, -0.2) is 43.2 Å². The highest BCUT2D eigenvalue weighted by Gasteiger charge is 2.37. The van der Waals surface area contributed by atoms with E-state index in [1.165, 1.54) is 19.4 Å². The van der Waals surface area contributed by atoms with Gasteiger partial charge in [0, 0.05) is 18.0 Å². The van der Waals surface area contributed by atoms with Crippen LogP contribution < -0.4 is 19.1 Å². The van der Waals surface area contributed by atoms with E-state index < -0.39 is 28.5 Å². The fourth-order valence-corrected chi connectivity index (χ4v) is 4.15. The lowest BCUT2D eigenvalue weighted by Crippen LogP contribution is -2.30. The van der Waals surface area contributed by atoms with E-state index in [-0.39, 0.29) is 17.7 Å². The van der Waals surface area contributed by atoms with Gasteiger partial charge in [0.05, 0.1) is 18.8 Å². The van der Waals surface area contributed by atoms with Gasteiger partial charge < -0.3 is 10.1 Å². The zero-order valence-corrected chi connectivity index (χ0v) is 15.4. The molecule has 0 aliphatic carbocycles. The summed E-state index contributed by atoms with van der Waals surface area (Å²) in [5.74, 6) is -0.581. The SMILES string of the molecule is COc1cccc(NCc2cc(F)c(N3CC(=O)NS3(=O)=O)c3[nH]ncc23)n1. The normalized spacial score (nSPS) is 15.6. The zero-order valence-electron chi connectivity index (χ0n) is 14.6. The molecule has 1 aliphatic heterocycles. The third-order valence-corrected chi connectivity index (χ3v) is 5.59. The van der Waals surface area contributed by atoms with Crippen LogP contribution in [0.25, 0.3) is 10.9 Å². The number of carbonyl (C=O) groups is 1. The zero-order chi connectivity index (χ0) is 19.9. The Morgan fingerprint density at radius 3 is 2.93 bits per heavy atom. The summed E-state index contributed by atoms with van der Waals surface area (Å²) in [7, 11) is -2.65. The summed E-state index contributed by atoms with van der Waals surface area (Å²) in [5, 5.41) is 10.1. The summed E-state index contributed by atoms with van der Waals surface area (Å²) in [6.45, 7) is -0.296. The third-order valence-electron chi connectivity index (χ3n) is 4.21. The van der Waals surface area contributed by atoms with Crippen molar-refractivity contribution in [3.63, 3.8) is 0 Å². The van der Waals surface area contributed by atoms with Crippen LogP contribution in [0.4, 0.5) is 15.9 Å². The molecule has 0 atom stereocenters. The number of aromatic nitrogens is 3. The molecular formula is C16H15FN6O4S. The molecule has 0 saturated carbocycles. The number of pyridine rings is 1. The number of methoxy groups -OCH3 is 1. The minimum atomic E-state index is -4.15. The summed E-state index contributed by atoms with van der Waals surface area (Å²) in [6, 6.07) is 6.39. The minimum Gasteiger partial charge on any atom is -0.481 e. The number of nitrogens with zero attached hydrogens (tertiary/aromatic N) is 3. The molecule has 10 nitrogen and oxygen atoms in total. The topological polar surface area (TPSA) is 129 Å². The molecule has 3 heterocycles. The van der Waals surface area contributed by atoms with E-state index in [4.69, 9.17) is 4.74 Å². The highest BCUT2D eigenvalue weighted by atomic mass is 32.2. The number of amides is 1. The van der Waals surface area contributed by atoms with Gasteiger partial charge in [-0.2, -0.15) is 18.5 Å². The van der Waals surface area contributed by atoms with Crippen molar-refractivity contribution in [1.29, 1.82) is 0 Å². The molecule has 3 N–H and O–H groups in total. The van der Waals surface area contributed by atoms with Crippen molar-refractivity contribution in [3.05, 3.63) is 41.8 Å². The highest BCUT2D eigenvalue weighted by molar-refractivity contribution is 7.92. The molecule has 1 amide bonds. The molecule has 12 heteroatoms. The van der Waals surface area contributed by atoms with E-state index in [9.17, 15) is 17.6 Å². The first-order valence-corrected chi connectivity index (χ1v) is 9.56. The fraction of sp³-hybridized carbons (Fsp3) is 0.188. The maximum absolute atomic E-state index is 14.9. The smallest absolute Gasteiger partial charge is 0.326 e. The predicted octanol–water partition coefficient (Wildman–Crippen LogP) is 0.899. The molecule has 146 valence electrons. The van der Waals surface area contributed by atoms with Crippen molar-refractivity contribution in [2.75, 3.05) is 23.3 Å². The van der Waals surface area contributed by atoms with Crippen LogP contribution in [0.2, 0.25) is 0 Å². The fourth-order valence-electron chi connectivity index (χ4n) is 2.98. The second-order valence-corrected chi connectivity index (χ2v) is 7.58. The second-order valence-electron chi connectivity index (χ2n) is 5.98. The van der Waals surface area contributed by atoms with Gasteiger partial charge in [-0.1, -0.05) is 6.07 Å². The lowest BCUT2D eigenvalue weighted by molar-refractivity contribution is -0.117. The molecular weight excluding hydrogens is 391 g/mol. The highest BCUT2D eigenvalue weighted by Crippen LogP contribution is 2.33. The predicted molar refractivity (Wildman–Crippen MR) is 98.6 cm³/mol. The quantitative estimate of drug-likeness (QED) is 0.574. The average molecular weight is 406 g/mol.